The molecule has 2 rings (SSSR count). The minimum atomic E-state index is -1.07. The Kier molecular flexibility index (Phi) is 4.07. The predicted octanol–water partition coefficient (Wildman–Crippen LogP) is 1.69. The number of hydrogen-bond donors (Lipinski definition) is 1. The van der Waals surface area contributed by atoms with Gasteiger partial charge in [0, 0.05) is 18.4 Å². The molecule has 0 radical (unpaired) electrons. The molecule has 1 aromatic carbocycles. The topological polar surface area (TPSA) is 83.9 Å². The van der Waals surface area contributed by atoms with Crippen LogP contribution in [0.25, 0.3) is 6.08 Å². The van der Waals surface area contributed by atoms with E-state index in [2.05, 4.69) is 0 Å². The molecule has 1 fully saturated rings. The second-order valence-electron chi connectivity index (χ2n) is 4.78. The van der Waals surface area contributed by atoms with E-state index in [9.17, 15) is 14.4 Å². The minimum absolute atomic E-state index is 0.164. The van der Waals surface area contributed by atoms with Gasteiger partial charge in [0.05, 0.1) is 12.8 Å². The van der Waals surface area contributed by atoms with Crippen molar-refractivity contribution >= 4 is 29.5 Å². The number of rotatable bonds is 4. The molecule has 1 aromatic rings. The van der Waals surface area contributed by atoms with Crippen molar-refractivity contribution in [3.63, 3.8) is 0 Å². The van der Waals surface area contributed by atoms with Gasteiger partial charge in [-0.3, -0.25) is 9.59 Å². The van der Waals surface area contributed by atoms with E-state index in [1.807, 2.05) is 0 Å². The number of hydrogen-bond acceptors (Lipinski definition) is 4. The van der Waals surface area contributed by atoms with Crippen LogP contribution in [0, 0.1) is 5.92 Å². The van der Waals surface area contributed by atoms with E-state index < -0.39 is 5.97 Å². The van der Waals surface area contributed by atoms with E-state index in [1.54, 1.807) is 25.1 Å². The van der Waals surface area contributed by atoms with Gasteiger partial charge in [0.25, 0.3) is 0 Å². The van der Waals surface area contributed by atoms with Crippen LogP contribution in [0.1, 0.15) is 18.9 Å². The van der Waals surface area contributed by atoms with Crippen LogP contribution >= 0.6 is 0 Å². The zero-order valence-corrected chi connectivity index (χ0v) is 11.7. The van der Waals surface area contributed by atoms with Crippen LogP contribution in [-0.4, -0.2) is 30.0 Å². The molecular formula is C15H15NO5. The molecule has 1 unspecified atom stereocenters. The van der Waals surface area contributed by atoms with E-state index in [-0.39, 0.29) is 24.2 Å². The molecule has 1 atom stereocenters. The van der Waals surface area contributed by atoms with Gasteiger partial charge in [-0.05, 0) is 23.8 Å². The molecule has 1 saturated heterocycles. The van der Waals surface area contributed by atoms with Gasteiger partial charge in [0.2, 0.25) is 11.8 Å². The number of benzene rings is 1. The lowest BCUT2D eigenvalue weighted by Crippen LogP contribution is -2.30. The Morgan fingerprint density at radius 3 is 2.67 bits per heavy atom. The molecule has 0 spiro atoms. The third-order valence-electron chi connectivity index (χ3n) is 3.23. The van der Waals surface area contributed by atoms with E-state index in [1.165, 1.54) is 13.2 Å². The molecule has 0 aromatic heterocycles. The third kappa shape index (κ3) is 2.94. The zero-order valence-electron chi connectivity index (χ0n) is 11.7. The average molecular weight is 289 g/mol. The largest absolute Gasteiger partial charge is 0.495 e. The summed E-state index contributed by atoms with van der Waals surface area (Å²) in [6, 6.07) is 4.81. The van der Waals surface area contributed by atoms with E-state index >= 15 is 0 Å². The number of carbonyl (C=O) groups is 3. The lowest BCUT2D eigenvalue weighted by atomic mass is 10.1. The summed E-state index contributed by atoms with van der Waals surface area (Å²) < 4.78 is 5.18. The Labute approximate surface area is 121 Å². The van der Waals surface area contributed by atoms with Crippen LogP contribution in [0.4, 0.5) is 5.69 Å². The van der Waals surface area contributed by atoms with Crippen LogP contribution in [0.2, 0.25) is 0 Å². The minimum Gasteiger partial charge on any atom is -0.495 e. The highest BCUT2D eigenvalue weighted by Gasteiger charge is 2.38. The molecule has 0 saturated carbocycles. The molecule has 1 aliphatic rings. The van der Waals surface area contributed by atoms with Gasteiger partial charge in [-0.25, -0.2) is 9.69 Å². The number of carboxylic acid groups (broad SMARTS) is 1. The first kappa shape index (κ1) is 14.8. The summed E-state index contributed by atoms with van der Waals surface area (Å²) in [5.41, 5.74) is 0.901. The number of amides is 2. The van der Waals surface area contributed by atoms with Crippen molar-refractivity contribution < 1.29 is 24.2 Å². The van der Waals surface area contributed by atoms with Crippen molar-refractivity contribution in [1.29, 1.82) is 0 Å². The first-order chi connectivity index (χ1) is 9.93. The van der Waals surface area contributed by atoms with Crippen molar-refractivity contribution in [3.8, 4) is 5.75 Å². The fourth-order valence-electron chi connectivity index (χ4n) is 2.19. The Hall–Kier alpha value is -2.63. The normalized spacial score (nSPS) is 18.6. The molecule has 1 heterocycles. The van der Waals surface area contributed by atoms with E-state index in [4.69, 9.17) is 9.84 Å². The number of carbonyl (C=O) groups excluding carboxylic acids is 2. The van der Waals surface area contributed by atoms with Gasteiger partial charge in [0.15, 0.2) is 0 Å². The van der Waals surface area contributed by atoms with E-state index in [0.29, 0.717) is 17.0 Å². The maximum atomic E-state index is 12.1. The smallest absolute Gasteiger partial charge is 0.328 e. The van der Waals surface area contributed by atoms with Crippen molar-refractivity contribution in [2.45, 2.75) is 13.3 Å². The summed E-state index contributed by atoms with van der Waals surface area (Å²) in [4.78, 5) is 35.7. The first-order valence-electron chi connectivity index (χ1n) is 6.40. The molecule has 0 bridgehead atoms. The quantitative estimate of drug-likeness (QED) is 0.673. The third-order valence-corrected chi connectivity index (χ3v) is 3.23. The number of ether oxygens (including phenoxy) is 1. The Morgan fingerprint density at radius 1 is 1.43 bits per heavy atom. The van der Waals surface area contributed by atoms with Crippen LogP contribution < -0.4 is 9.64 Å². The molecule has 0 aliphatic carbocycles. The summed E-state index contributed by atoms with van der Waals surface area (Å²) >= 11 is 0. The first-order valence-corrected chi connectivity index (χ1v) is 6.40. The summed E-state index contributed by atoms with van der Waals surface area (Å²) in [6.07, 6.45) is 2.54. The maximum absolute atomic E-state index is 12.1. The maximum Gasteiger partial charge on any atom is 0.328 e. The van der Waals surface area contributed by atoms with E-state index in [0.717, 1.165) is 11.0 Å². The molecule has 110 valence electrons. The highest BCUT2D eigenvalue weighted by Crippen LogP contribution is 2.34. The van der Waals surface area contributed by atoms with Crippen LogP contribution in [0.5, 0.6) is 5.75 Å². The highest BCUT2D eigenvalue weighted by atomic mass is 16.5. The number of nitrogens with zero attached hydrogens (tertiary/aromatic N) is 1. The van der Waals surface area contributed by atoms with Crippen LogP contribution in [0.15, 0.2) is 24.3 Å². The van der Waals surface area contributed by atoms with Crippen molar-refractivity contribution in [2.75, 3.05) is 12.0 Å². The fraction of sp³-hybridized carbons (Fsp3) is 0.267. The van der Waals surface area contributed by atoms with Gasteiger partial charge in [-0.1, -0.05) is 13.0 Å². The number of anilines is 1. The van der Waals surface area contributed by atoms with Crippen molar-refractivity contribution in [3.05, 3.63) is 29.8 Å². The van der Waals surface area contributed by atoms with Gasteiger partial charge in [-0.2, -0.15) is 0 Å². The van der Waals surface area contributed by atoms with Crippen LogP contribution in [0.3, 0.4) is 0 Å². The fourth-order valence-corrected chi connectivity index (χ4v) is 2.19. The standard InChI is InChI=1S/C15H15NO5/c1-9-7-13(17)16(15(9)20)11-8-10(4-6-14(18)19)3-5-12(11)21-2/h3-6,8-9H,7H2,1-2H3,(H,18,19). The molecule has 21 heavy (non-hydrogen) atoms. The number of carboxylic acids is 1. The van der Waals surface area contributed by atoms with Crippen LogP contribution in [-0.2, 0) is 14.4 Å². The summed E-state index contributed by atoms with van der Waals surface area (Å²) in [6.45, 7) is 1.70. The van der Waals surface area contributed by atoms with Gasteiger partial charge < -0.3 is 9.84 Å². The predicted molar refractivity (Wildman–Crippen MR) is 75.9 cm³/mol. The number of aliphatic carboxylic acids is 1. The van der Waals surface area contributed by atoms with Gasteiger partial charge >= 0.3 is 5.97 Å². The second kappa shape index (κ2) is 5.78. The zero-order chi connectivity index (χ0) is 15.6. The molecule has 6 heteroatoms. The van der Waals surface area contributed by atoms with Gasteiger partial charge in [0.1, 0.15) is 5.75 Å². The molecule has 1 N–H and O–H groups in total. The lowest BCUT2D eigenvalue weighted by molar-refractivity contribution is -0.131. The lowest BCUT2D eigenvalue weighted by Gasteiger charge is -2.18. The van der Waals surface area contributed by atoms with Crippen molar-refractivity contribution in [1.82, 2.24) is 0 Å². The Balaban J connectivity index is 2.45. The Bertz CT molecular complexity index is 635. The SMILES string of the molecule is COc1ccc(C=CC(=O)O)cc1N1C(=O)CC(C)C1=O. The van der Waals surface area contributed by atoms with Crippen molar-refractivity contribution in [2.24, 2.45) is 5.92 Å². The summed E-state index contributed by atoms with van der Waals surface area (Å²) in [7, 11) is 1.44. The molecule has 2 amide bonds. The molecule has 1 aliphatic heterocycles. The van der Waals surface area contributed by atoms with Gasteiger partial charge in [-0.15, -0.1) is 0 Å². The molecular weight excluding hydrogens is 274 g/mol. The highest BCUT2D eigenvalue weighted by molar-refractivity contribution is 6.21. The Morgan fingerprint density at radius 2 is 2.14 bits per heavy atom. The number of methoxy groups -OCH3 is 1. The second-order valence-corrected chi connectivity index (χ2v) is 4.78. The molecule has 6 nitrogen and oxygen atoms in total. The number of imide groups is 1. The average Bonchev–Trinajstić information content (AvgIpc) is 2.69. The monoisotopic (exact) mass is 289 g/mol. The summed E-state index contributed by atoms with van der Waals surface area (Å²) in [5.74, 6) is -1.61. The summed E-state index contributed by atoms with van der Waals surface area (Å²) in [5, 5.41) is 8.65.